The van der Waals surface area contributed by atoms with Crippen molar-refractivity contribution in [3.8, 4) is 5.75 Å². The topological polar surface area (TPSA) is 571 Å². The lowest BCUT2D eigenvalue weighted by Crippen LogP contribution is -2.61. The SMILES string of the molecule is CC(C)[C@H](NC(=O)[C@H](CCC(N)=O)NC(=O)[C@H](CO)NC(=O)[C@@H]1CCCN1C(=O)[C@H](CCC(=O)O)NC(=O)[C@H](Cc1ccccc1)NC(=O)[C@H](CC(=O)O)NC(=O)[C@H](CO)NC(=O)[C@@H]1CCCN1C(=O)[C@H](CO)NC(=O)[C@H](Cc1ccc(O)cc1)NC(=O)[C@@H]1CCCN1C(=O)[C@@H]1CCCN1)C(=O)O. The fourth-order valence-corrected chi connectivity index (χ4v) is 12.5. The third-order valence-electron chi connectivity index (χ3n) is 18.0. The molecule has 13 amide bonds. The van der Waals surface area contributed by atoms with Crippen molar-refractivity contribution in [2.75, 3.05) is 46.0 Å². The number of nitrogens with one attached hydrogen (secondary N) is 10. The van der Waals surface area contributed by atoms with Crippen molar-refractivity contribution in [1.29, 1.82) is 0 Å². The Kier molecular flexibility index (Phi) is 31.0. The number of benzene rings is 2. The maximum Gasteiger partial charge on any atom is 0.326 e. The minimum Gasteiger partial charge on any atom is -0.508 e. The predicted molar refractivity (Wildman–Crippen MR) is 356 cm³/mol. The zero-order chi connectivity index (χ0) is 75.8. The summed E-state index contributed by atoms with van der Waals surface area (Å²) in [6, 6.07) is -6.41. The number of nitrogens with zero attached hydrogens (tertiary/aromatic N) is 3. The number of carbonyl (C=O) groups excluding carboxylic acids is 13. The fourth-order valence-electron chi connectivity index (χ4n) is 12.5. The van der Waals surface area contributed by atoms with Crippen LogP contribution in [0.2, 0.25) is 0 Å². The van der Waals surface area contributed by atoms with Crippen molar-refractivity contribution < 1.29 is 112 Å². The molecule has 0 aliphatic carbocycles. The monoisotopic (exact) mass is 1450 g/mol. The first kappa shape index (κ1) is 81.6. The highest BCUT2D eigenvalue weighted by Crippen LogP contribution is 2.25. The molecule has 2 aromatic rings. The number of phenols is 1. The van der Waals surface area contributed by atoms with Gasteiger partial charge >= 0.3 is 17.9 Å². The Bertz CT molecular complexity index is 3410. The number of phenolic OH excluding ortho intramolecular Hbond substituents is 1. The van der Waals surface area contributed by atoms with Crippen molar-refractivity contribution in [3.63, 3.8) is 0 Å². The number of carbonyl (C=O) groups is 16. The largest absolute Gasteiger partial charge is 0.508 e. The van der Waals surface area contributed by atoms with Gasteiger partial charge < -0.3 is 109 Å². The molecule has 0 spiro atoms. The van der Waals surface area contributed by atoms with E-state index in [1.165, 1.54) is 55.1 Å². The standard InChI is InChI=1S/C66H92N14O23/c1-34(2)53(66(102)103)77-54(90)38(20-22-50(67)85)69-58(94)44(31-81)74-61(97)48-14-8-26-79(48)64(100)40(21-23-51(86)87)70-55(91)41(28-35-10-4-3-5-11-35)71-57(93)43(30-52(88)89)72-59(95)45(32-82)75-62(98)49-15-9-27-80(49)65(101)46(33-83)76-56(92)42(29-36-16-18-37(84)19-17-36)73-60(96)47-13-7-25-78(47)63(99)39-12-6-24-68-39/h3-5,10-11,16-19,34,38-49,53,68,81-84H,6-9,12-15,20-33H2,1-2H3,(H2,67,85)(H,69,94)(H,70,91)(H,71,93)(H,72,95)(H,73,96)(H,74,97)(H,75,98)(H,76,92)(H,77,90)(H,86,87)(H,88,89)(H,102,103)/t38-,39-,40-,41-,42-,43-,44-,45-,46-,47-,48-,49-,53-/m0/s1. The summed E-state index contributed by atoms with van der Waals surface area (Å²) in [4.78, 5) is 219. The number of primary amides is 1. The van der Waals surface area contributed by atoms with Gasteiger partial charge in [-0.15, -0.1) is 0 Å². The van der Waals surface area contributed by atoms with E-state index in [1.54, 1.807) is 18.2 Å². The average Bonchev–Trinajstić information content (AvgIpc) is 1.69. The second-order valence-corrected chi connectivity index (χ2v) is 25.9. The lowest BCUT2D eigenvalue weighted by molar-refractivity contribution is -0.144. The second kappa shape index (κ2) is 39.1. The van der Waals surface area contributed by atoms with Crippen LogP contribution >= 0.6 is 0 Å². The Balaban J connectivity index is 1.13. The van der Waals surface area contributed by atoms with Gasteiger partial charge in [-0.25, -0.2) is 4.79 Å². The summed E-state index contributed by atoms with van der Waals surface area (Å²) in [5.41, 5.74) is 6.09. The molecule has 19 N–H and O–H groups in total. The first-order valence-electron chi connectivity index (χ1n) is 33.9. The van der Waals surface area contributed by atoms with E-state index < -0.39 is 232 Å². The highest BCUT2D eigenvalue weighted by molar-refractivity contribution is 6.01. The summed E-state index contributed by atoms with van der Waals surface area (Å²) in [6.45, 7) is 0.311. The van der Waals surface area contributed by atoms with Gasteiger partial charge in [0.2, 0.25) is 76.8 Å². The van der Waals surface area contributed by atoms with Gasteiger partial charge in [0.05, 0.1) is 32.3 Å². The number of nitrogens with two attached hydrogens (primary N) is 1. The number of aliphatic hydroxyl groups is 3. The van der Waals surface area contributed by atoms with E-state index in [1.807, 2.05) is 0 Å². The number of hydrogen-bond donors (Lipinski definition) is 18. The Morgan fingerprint density at radius 3 is 1.36 bits per heavy atom. The molecule has 4 aliphatic heterocycles. The van der Waals surface area contributed by atoms with E-state index in [9.17, 15) is 112 Å². The molecule has 0 aromatic heterocycles. The van der Waals surface area contributed by atoms with Crippen LogP contribution in [0.5, 0.6) is 5.75 Å². The van der Waals surface area contributed by atoms with E-state index >= 15 is 0 Å². The Labute approximate surface area is 590 Å². The molecule has 37 heteroatoms. The number of carboxylic acid groups (broad SMARTS) is 3. The maximum absolute atomic E-state index is 14.5. The normalized spacial score (nSPS) is 19.7. The molecular formula is C66H92N14O23. The summed E-state index contributed by atoms with van der Waals surface area (Å²) in [7, 11) is 0. The van der Waals surface area contributed by atoms with Crippen LogP contribution in [0.1, 0.15) is 108 Å². The van der Waals surface area contributed by atoms with Crippen molar-refractivity contribution in [3.05, 3.63) is 65.7 Å². The van der Waals surface area contributed by atoms with Gasteiger partial charge in [0.15, 0.2) is 0 Å². The van der Waals surface area contributed by atoms with Crippen molar-refractivity contribution >= 4 is 94.7 Å². The Morgan fingerprint density at radius 2 is 0.883 bits per heavy atom. The third-order valence-corrected chi connectivity index (χ3v) is 18.0. The molecule has 4 aliphatic rings. The number of carboxylic acids is 3. The fraction of sp³-hybridized carbons (Fsp3) is 0.576. The third kappa shape index (κ3) is 23.6. The number of amides is 13. The molecule has 564 valence electrons. The van der Waals surface area contributed by atoms with Crippen molar-refractivity contribution in [2.45, 2.75) is 189 Å². The molecule has 4 saturated heterocycles. The molecular weight excluding hydrogens is 1360 g/mol. The first-order valence-corrected chi connectivity index (χ1v) is 33.9. The van der Waals surface area contributed by atoms with Gasteiger partial charge in [0.1, 0.15) is 78.3 Å². The minimum absolute atomic E-state index is 0.0565. The van der Waals surface area contributed by atoms with Gasteiger partial charge in [-0.3, -0.25) is 71.9 Å². The number of aliphatic carboxylic acids is 3. The van der Waals surface area contributed by atoms with Crippen molar-refractivity contribution in [1.82, 2.24) is 67.9 Å². The molecule has 2 aromatic carbocycles. The zero-order valence-corrected chi connectivity index (χ0v) is 56.9. The molecule has 13 atom stereocenters. The molecule has 0 radical (unpaired) electrons. The van der Waals surface area contributed by atoms with Gasteiger partial charge in [-0.1, -0.05) is 56.3 Å². The zero-order valence-electron chi connectivity index (χ0n) is 56.9. The van der Waals surface area contributed by atoms with Crippen LogP contribution in [0.3, 0.4) is 0 Å². The summed E-state index contributed by atoms with van der Waals surface area (Å²) in [5.74, 6) is -18.2. The van der Waals surface area contributed by atoms with Gasteiger partial charge in [-0.05, 0) is 99.9 Å². The van der Waals surface area contributed by atoms with Gasteiger partial charge in [0, 0.05) is 45.3 Å². The van der Waals surface area contributed by atoms with E-state index in [0.717, 1.165) is 16.2 Å². The average molecular weight is 1450 g/mol. The van der Waals surface area contributed by atoms with E-state index in [-0.39, 0.29) is 56.9 Å². The number of hydrogen-bond acceptors (Lipinski definition) is 21. The van der Waals surface area contributed by atoms with Crippen LogP contribution in [0.15, 0.2) is 54.6 Å². The van der Waals surface area contributed by atoms with E-state index in [2.05, 4.69) is 53.2 Å². The summed E-state index contributed by atoms with van der Waals surface area (Å²) < 4.78 is 0. The molecule has 6 rings (SSSR count). The summed E-state index contributed by atoms with van der Waals surface area (Å²) in [5, 5.41) is 95.0. The number of aromatic hydroxyl groups is 1. The van der Waals surface area contributed by atoms with Crippen LogP contribution in [0.25, 0.3) is 0 Å². The van der Waals surface area contributed by atoms with Crippen LogP contribution < -0.4 is 58.9 Å². The van der Waals surface area contributed by atoms with Crippen LogP contribution in [-0.4, -0.2) is 270 Å². The first-order chi connectivity index (χ1) is 48.9. The van der Waals surface area contributed by atoms with Gasteiger partial charge in [0.25, 0.3) is 0 Å². The summed E-state index contributed by atoms with van der Waals surface area (Å²) >= 11 is 0. The smallest absolute Gasteiger partial charge is 0.326 e. The lowest BCUT2D eigenvalue weighted by atomic mass is 10.0. The van der Waals surface area contributed by atoms with Crippen molar-refractivity contribution in [2.24, 2.45) is 11.7 Å². The number of aliphatic hydroxyl groups excluding tert-OH is 3. The lowest BCUT2D eigenvalue weighted by Gasteiger charge is -2.31. The van der Waals surface area contributed by atoms with Crippen LogP contribution in [0, 0.1) is 5.92 Å². The molecule has 0 unspecified atom stereocenters. The highest BCUT2D eigenvalue weighted by Gasteiger charge is 2.44. The van der Waals surface area contributed by atoms with E-state index in [0.29, 0.717) is 43.5 Å². The number of likely N-dealkylation sites (tertiary alicyclic amines) is 3. The molecule has 4 heterocycles. The molecule has 37 nitrogen and oxygen atoms in total. The molecule has 4 fully saturated rings. The van der Waals surface area contributed by atoms with E-state index in [4.69, 9.17) is 5.73 Å². The number of rotatable bonds is 38. The molecule has 103 heavy (non-hydrogen) atoms. The Morgan fingerprint density at radius 1 is 0.466 bits per heavy atom. The quantitative estimate of drug-likeness (QED) is 0.0297. The molecule has 0 saturated carbocycles. The highest BCUT2D eigenvalue weighted by atomic mass is 16.4. The van der Waals surface area contributed by atoms with Crippen LogP contribution in [-0.2, 0) is 89.6 Å². The predicted octanol–water partition coefficient (Wildman–Crippen LogP) is -6.41. The maximum atomic E-state index is 14.5. The minimum atomic E-state index is -2.09. The Hall–Kier alpha value is -10.4. The summed E-state index contributed by atoms with van der Waals surface area (Å²) in [6.07, 6.45) is -1.73. The van der Waals surface area contributed by atoms with Gasteiger partial charge in [-0.2, -0.15) is 0 Å². The van der Waals surface area contributed by atoms with Crippen LogP contribution in [0.4, 0.5) is 0 Å². The second-order valence-electron chi connectivity index (χ2n) is 25.9. The molecule has 0 bridgehead atoms.